The molecule has 1 heterocycles. The number of H-pyrrole nitrogens is 1. The van der Waals surface area contributed by atoms with Gasteiger partial charge in [-0.3, -0.25) is 9.89 Å². The lowest BCUT2D eigenvalue weighted by molar-refractivity contribution is 0.0792. The molecular weight excluding hydrogens is 379 g/mol. The third-order valence-corrected chi connectivity index (χ3v) is 5.15. The van der Waals surface area contributed by atoms with E-state index in [0.29, 0.717) is 5.56 Å². The van der Waals surface area contributed by atoms with Crippen molar-refractivity contribution < 1.29 is 9.18 Å². The van der Waals surface area contributed by atoms with E-state index in [1.807, 2.05) is 62.4 Å². The second kappa shape index (κ2) is 10.1. The maximum absolute atomic E-state index is 13.4. The number of benzene rings is 2. The number of nitrogens with zero attached hydrogens (tertiary/aromatic N) is 3. The van der Waals surface area contributed by atoms with Crippen LogP contribution in [0, 0.1) is 5.82 Å². The highest BCUT2D eigenvalue weighted by atomic mass is 19.1. The van der Waals surface area contributed by atoms with Crippen molar-refractivity contribution in [3.05, 3.63) is 71.7 Å². The number of rotatable bonds is 9. The fourth-order valence-electron chi connectivity index (χ4n) is 3.37. The highest BCUT2D eigenvalue weighted by molar-refractivity contribution is 5.95. The summed E-state index contributed by atoms with van der Waals surface area (Å²) in [6.45, 7) is 0.725. The lowest BCUT2D eigenvalue weighted by Crippen LogP contribution is -2.28. The third kappa shape index (κ3) is 5.69. The van der Waals surface area contributed by atoms with E-state index < -0.39 is 0 Å². The van der Waals surface area contributed by atoms with E-state index in [1.165, 1.54) is 12.1 Å². The number of aryl methyl sites for hydroxylation is 1. The van der Waals surface area contributed by atoms with Gasteiger partial charge in [-0.05, 0) is 55.7 Å². The molecule has 3 aromatic rings. The van der Waals surface area contributed by atoms with Gasteiger partial charge < -0.3 is 9.80 Å². The molecule has 0 spiro atoms. The minimum atomic E-state index is -0.260. The zero-order valence-electron chi connectivity index (χ0n) is 17.9. The molecule has 0 bridgehead atoms. The summed E-state index contributed by atoms with van der Waals surface area (Å²) in [4.78, 5) is 16.4. The fourth-order valence-corrected chi connectivity index (χ4v) is 3.37. The first-order chi connectivity index (χ1) is 14.4. The van der Waals surface area contributed by atoms with Crippen LogP contribution in [-0.2, 0) is 6.42 Å². The van der Waals surface area contributed by atoms with Crippen molar-refractivity contribution in [2.24, 2.45) is 0 Å². The van der Waals surface area contributed by atoms with Gasteiger partial charge in [-0.1, -0.05) is 24.6 Å². The number of carbonyl (C=O) groups excluding carboxylic acids is 1. The summed E-state index contributed by atoms with van der Waals surface area (Å²) < 4.78 is 13.4. The van der Waals surface area contributed by atoms with Crippen molar-refractivity contribution in [3.63, 3.8) is 0 Å². The van der Waals surface area contributed by atoms with Gasteiger partial charge in [0.25, 0.3) is 5.91 Å². The summed E-state index contributed by atoms with van der Waals surface area (Å²) in [6, 6.07) is 16.1. The highest BCUT2D eigenvalue weighted by Crippen LogP contribution is 2.19. The smallest absolute Gasteiger partial charge is 0.253 e. The summed E-state index contributed by atoms with van der Waals surface area (Å²) in [5.41, 5.74) is 4.31. The number of aromatic nitrogens is 2. The molecule has 1 aromatic heterocycles. The summed E-state index contributed by atoms with van der Waals surface area (Å²) in [7, 11) is 5.78. The van der Waals surface area contributed by atoms with Gasteiger partial charge in [0.15, 0.2) is 0 Å². The second-order valence-corrected chi connectivity index (χ2v) is 7.77. The number of hydrogen-bond acceptors (Lipinski definition) is 3. The minimum Gasteiger partial charge on any atom is -0.378 e. The average molecular weight is 409 g/mol. The molecule has 158 valence electrons. The van der Waals surface area contributed by atoms with E-state index in [-0.39, 0.29) is 11.7 Å². The van der Waals surface area contributed by atoms with Gasteiger partial charge >= 0.3 is 0 Å². The predicted molar refractivity (Wildman–Crippen MR) is 119 cm³/mol. The SMILES string of the molecule is CN(CCCCCc1cc(-c2cccc(F)c2)n[nH]1)C(=O)c1cccc(N(C)C)c1. The van der Waals surface area contributed by atoms with E-state index in [0.717, 1.165) is 54.9 Å². The van der Waals surface area contributed by atoms with Gasteiger partial charge in [-0.15, -0.1) is 0 Å². The van der Waals surface area contributed by atoms with E-state index in [2.05, 4.69) is 10.2 Å². The number of anilines is 1. The van der Waals surface area contributed by atoms with Crippen molar-refractivity contribution in [2.45, 2.75) is 25.7 Å². The van der Waals surface area contributed by atoms with Crippen molar-refractivity contribution >= 4 is 11.6 Å². The zero-order chi connectivity index (χ0) is 21.5. The molecule has 1 N–H and O–H groups in total. The van der Waals surface area contributed by atoms with Gasteiger partial charge in [-0.2, -0.15) is 5.10 Å². The molecule has 0 radical (unpaired) electrons. The van der Waals surface area contributed by atoms with Crippen LogP contribution < -0.4 is 4.90 Å². The standard InChI is InChI=1S/C24H29FN4O/c1-28(2)22-13-8-10-19(16-22)24(30)29(3)14-6-4-5-12-21-17-23(27-26-21)18-9-7-11-20(25)15-18/h7-11,13,15-17H,4-6,12,14H2,1-3H3,(H,26,27). The molecule has 5 nitrogen and oxygen atoms in total. The topological polar surface area (TPSA) is 52.2 Å². The Bertz CT molecular complexity index is 983. The van der Waals surface area contributed by atoms with Crippen LogP contribution in [0.25, 0.3) is 11.3 Å². The third-order valence-electron chi connectivity index (χ3n) is 5.15. The number of unbranched alkanes of at least 4 members (excludes halogenated alkanes) is 2. The second-order valence-electron chi connectivity index (χ2n) is 7.77. The number of hydrogen-bond donors (Lipinski definition) is 1. The van der Waals surface area contributed by atoms with Crippen molar-refractivity contribution in [2.75, 3.05) is 32.6 Å². The molecule has 0 unspecified atom stereocenters. The molecule has 0 aliphatic heterocycles. The molecule has 1 amide bonds. The molecular formula is C24H29FN4O. The lowest BCUT2D eigenvalue weighted by Gasteiger charge is -2.19. The van der Waals surface area contributed by atoms with Crippen LogP contribution in [0.15, 0.2) is 54.6 Å². The molecule has 6 heteroatoms. The molecule has 0 fully saturated rings. The molecule has 0 saturated heterocycles. The Morgan fingerprint density at radius 2 is 1.80 bits per heavy atom. The van der Waals surface area contributed by atoms with Gasteiger partial charge in [0.2, 0.25) is 0 Å². The van der Waals surface area contributed by atoms with E-state index in [1.54, 1.807) is 11.0 Å². The van der Waals surface area contributed by atoms with Gasteiger partial charge in [-0.25, -0.2) is 4.39 Å². The quantitative estimate of drug-likeness (QED) is 0.519. The van der Waals surface area contributed by atoms with Crippen molar-refractivity contribution in [1.82, 2.24) is 15.1 Å². The summed E-state index contributed by atoms with van der Waals surface area (Å²) in [5, 5.41) is 7.32. The van der Waals surface area contributed by atoms with Crippen LogP contribution in [0.1, 0.15) is 35.3 Å². The number of halogens is 1. The first-order valence-corrected chi connectivity index (χ1v) is 10.3. The summed E-state index contributed by atoms with van der Waals surface area (Å²) >= 11 is 0. The summed E-state index contributed by atoms with van der Waals surface area (Å²) in [5.74, 6) is -0.212. The molecule has 30 heavy (non-hydrogen) atoms. The Hall–Kier alpha value is -3.15. The normalized spacial score (nSPS) is 10.8. The first-order valence-electron chi connectivity index (χ1n) is 10.3. The van der Waals surface area contributed by atoms with E-state index >= 15 is 0 Å². The number of amides is 1. The number of carbonyl (C=O) groups is 1. The van der Waals surface area contributed by atoms with Gasteiger partial charge in [0.1, 0.15) is 5.82 Å². The average Bonchev–Trinajstić information content (AvgIpc) is 3.22. The minimum absolute atomic E-state index is 0.0482. The van der Waals surface area contributed by atoms with Crippen molar-refractivity contribution in [3.8, 4) is 11.3 Å². The monoisotopic (exact) mass is 408 g/mol. The summed E-state index contributed by atoms with van der Waals surface area (Å²) in [6.07, 6.45) is 3.85. The molecule has 2 aromatic carbocycles. The molecule has 3 rings (SSSR count). The Labute approximate surface area is 177 Å². The maximum Gasteiger partial charge on any atom is 0.253 e. The molecule has 0 atom stereocenters. The van der Waals surface area contributed by atoms with Crippen molar-refractivity contribution in [1.29, 1.82) is 0 Å². The Kier molecular flexibility index (Phi) is 7.22. The van der Waals surface area contributed by atoms with Crippen LogP contribution in [0.2, 0.25) is 0 Å². The molecule has 0 saturated carbocycles. The van der Waals surface area contributed by atoms with Gasteiger partial charge in [0, 0.05) is 50.2 Å². The van der Waals surface area contributed by atoms with E-state index in [4.69, 9.17) is 0 Å². The Morgan fingerprint density at radius 1 is 1.00 bits per heavy atom. The van der Waals surface area contributed by atoms with Crippen LogP contribution in [0.3, 0.4) is 0 Å². The largest absolute Gasteiger partial charge is 0.378 e. The van der Waals surface area contributed by atoms with Crippen LogP contribution in [-0.4, -0.2) is 48.7 Å². The maximum atomic E-state index is 13.4. The Balaban J connectivity index is 1.42. The van der Waals surface area contributed by atoms with E-state index in [9.17, 15) is 9.18 Å². The number of nitrogens with one attached hydrogen (secondary N) is 1. The first kappa shape index (κ1) is 21.6. The fraction of sp³-hybridized carbons (Fsp3) is 0.333. The lowest BCUT2D eigenvalue weighted by atomic mass is 10.1. The molecule has 0 aliphatic carbocycles. The molecule has 0 aliphatic rings. The number of aromatic amines is 1. The zero-order valence-corrected chi connectivity index (χ0v) is 17.9. The van der Waals surface area contributed by atoms with Crippen LogP contribution in [0.4, 0.5) is 10.1 Å². The highest BCUT2D eigenvalue weighted by Gasteiger charge is 2.12. The van der Waals surface area contributed by atoms with Crippen LogP contribution >= 0.6 is 0 Å². The predicted octanol–water partition coefficient (Wildman–Crippen LogP) is 4.77. The van der Waals surface area contributed by atoms with Crippen LogP contribution in [0.5, 0.6) is 0 Å². The van der Waals surface area contributed by atoms with Gasteiger partial charge in [0.05, 0.1) is 5.69 Å². The Morgan fingerprint density at radius 3 is 2.57 bits per heavy atom.